The zero-order chi connectivity index (χ0) is 24.5. The van der Waals surface area contributed by atoms with E-state index in [-0.39, 0.29) is 23.3 Å². The monoisotopic (exact) mass is 474 g/mol. The van der Waals surface area contributed by atoms with Crippen molar-refractivity contribution in [2.45, 2.75) is 63.9 Å². The van der Waals surface area contributed by atoms with Gasteiger partial charge in [0.25, 0.3) is 5.91 Å². The van der Waals surface area contributed by atoms with Crippen LogP contribution >= 0.6 is 0 Å². The molecule has 1 aliphatic heterocycles. The minimum atomic E-state index is -1.23. The molecule has 6 nitrogen and oxygen atoms in total. The average molecular weight is 475 g/mol. The lowest BCUT2D eigenvalue weighted by Crippen LogP contribution is -2.54. The third kappa shape index (κ3) is 5.54. The van der Waals surface area contributed by atoms with Gasteiger partial charge in [0.1, 0.15) is 11.6 Å². The lowest BCUT2D eigenvalue weighted by Gasteiger charge is -2.41. The molecule has 180 valence electrons. The summed E-state index contributed by atoms with van der Waals surface area (Å²) in [7, 11) is -1.23. The first-order valence-corrected chi connectivity index (χ1v) is 12.9. The van der Waals surface area contributed by atoms with E-state index in [9.17, 15) is 13.4 Å². The molecule has 2 fully saturated rings. The number of carbonyl (C=O) groups excluding carboxylic acids is 1. The molecule has 1 heterocycles. The number of carbonyl (C=O) groups is 1. The first-order chi connectivity index (χ1) is 15.5. The van der Waals surface area contributed by atoms with E-state index in [1.807, 2.05) is 37.5 Å². The summed E-state index contributed by atoms with van der Waals surface area (Å²) >= 11 is 0. The number of halogens is 1. The van der Waals surface area contributed by atoms with Crippen LogP contribution in [-0.2, 0) is 15.6 Å². The van der Waals surface area contributed by atoms with E-state index in [2.05, 4.69) is 24.0 Å². The second-order valence-electron chi connectivity index (χ2n) is 9.55. The summed E-state index contributed by atoms with van der Waals surface area (Å²) in [5.41, 5.74) is 2.87. The zero-order valence-electron chi connectivity index (χ0n) is 20.5. The van der Waals surface area contributed by atoms with Gasteiger partial charge in [-0.15, -0.1) is 0 Å². The van der Waals surface area contributed by atoms with Crippen LogP contribution in [0.5, 0.6) is 0 Å². The minimum Gasteiger partial charge on any atom is -0.365 e. The number of piperazine rings is 1. The molecule has 1 saturated heterocycles. The lowest BCUT2D eigenvalue weighted by atomic mass is 9.99. The van der Waals surface area contributed by atoms with Gasteiger partial charge in [0.05, 0.1) is 5.69 Å². The van der Waals surface area contributed by atoms with Gasteiger partial charge in [-0.25, -0.2) is 9.38 Å². The highest BCUT2D eigenvalue weighted by atomic mass is 32.2. The normalized spacial score (nSPS) is 21.1. The molecular formula is C25H35FN4O2S. The van der Waals surface area contributed by atoms with Gasteiger partial charge in [-0.05, 0) is 72.4 Å². The Morgan fingerprint density at radius 3 is 2.42 bits per heavy atom. The van der Waals surface area contributed by atoms with E-state index in [1.165, 1.54) is 12.3 Å². The van der Waals surface area contributed by atoms with Crippen LogP contribution in [0.15, 0.2) is 50.6 Å². The molecule has 1 aromatic rings. The van der Waals surface area contributed by atoms with Gasteiger partial charge in [0.2, 0.25) is 0 Å². The maximum Gasteiger partial charge on any atom is 0.254 e. The fraction of sp³-hybridized carbons (Fsp3) is 0.520. The van der Waals surface area contributed by atoms with E-state index in [0.29, 0.717) is 41.6 Å². The molecule has 1 aliphatic carbocycles. The quantitative estimate of drug-likeness (QED) is 0.368. The molecule has 3 rings (SSSR count). The minimum absolute atomic E-state index is 0.0243. The number of nitrogens with zero attached hydrogens (tertiary/aromatic N) is 3. The Hall–Kier alpha value is -2.48. The van der Waals surface area contributed by atoms with Crippen LogP contribution in [0.3, 0.4) is 0 Å². The van der Waals surface area contributed by atoms with Crippen molar-refractivity contribution in [1.29, 1.82) is 0 Å². The molecule has 33 heavy (non-hydrogen) atoms. The molecule has 0 aromatic heterocycles. The summed E-state index contributed by atoms with van der Waals surface area (Å²) in [4.78, 5) is 22.1. The van der Waals surface area contributed by atoms with Crippen molar-refractivity contribution in [3.05, 3.63) is 46.6 Å². The second-order valence-corrected chi connectivity index (χ2v) is 10.9. The molecule has 1 N–H and O–H groups in total. The van der Waals surface area contributed by atoms with Crippen LogP contribution in [0.4, 0.5) is 10.1 Å². The van der Waals surface area contributed by atoms with Crippen LogP contribution in [0.25, 0.3) is 0 Å². The Bertz CT molecular complexity index is 1040. The van der Waals surface area contributed by atoms with Crippen molar-refractivity contribution >= 4 is 29.1 Å². The second kappa shape index (κ2) is 9.79. The predicted octanol–water partition coefficient (Wildman–Crippen LogP) is 4.01. The maximum atomic E-state index is 14.7. The molecule has 1 saturated carbocycles. The van der Waals surface area contributed by atoms with E-state index in [0.717, 1.165) is 24.0 Å². The van der Waals surface area contributed by atoms with Crippen molar-refractivity contribution in [2.24, 2.45) is 4.99 Å². The zero-order valence-corrected chi connectivity index (χ0v) is 21.3. The van der Waals surface area contributed by atoms with E-state index in [1.54, 1.807) is 12.1 Å². The van der Waals surface area contributed by atoms with E-state index in [4.69, 9.17) is 0 Å². The van der Waals surface area contributed by atoms with Gasteiger partial charge in [-0.1, -0.05) is 5.57 Å². The molecule has 0 spiro atoms. The molecule has 0 radical (unpaired) electrons. The van der Waals surface area contributed by atoms with Gasteiger partial charge in [0.15, 0.2) is 0 Å². The Morgan fingerprint density at radius 1 is 1.27 bits per heavy atom. The number of allylic oxidation sites excluding steroid dienone is 1. The third-order valence-electron chi connectivity index (χ3n) is 6.50. The summed E-state index contributed by atoms with van der Waals surface area (Å²) in [6, 6.07) is 4.60. The van der Waals surface area contributed by atoms with Crippen molar-refractivity contribution in [3.63, 3.8) is 0 Å². The number of hydrogen-bond acceptors (Lipinski definition) is 5. The first-order valence-electron chi connectivity index (χ1n) is 11.3. The topological polar surface area (TPSA) is 65.0 Å². The number of nitrogens with one attached hydrogen (secondary N) is 1. The summed E-state index contributed by atoms with van der Waals surface area (Å²) in [6.07, 6.45) is 3.68. The smallest absolute Gasteiger partial charge is 0.254 e. The van der Waals surface area contributed by atoms with Crippen molar-refractivity contribution in [2.75, 3.05) is 30.8 Å². The summed E-state index contributed by atoms with van der Waals surface area (Å²) < 4.78 is 26.3. The highest BCUT2D eigenvalue weighted by molar-refractivity contribution is 7.84. The molecule has 2 atom stereocenters. The molecule has 2 aliphatic rings. The van der Waals surface area contributed by atoms with E-state index < -0.39 is 10.8 Å². The fourth-order valence-electron chi connectivity index (χ4n) is 4.26. The average Bonchev–Trinajstić information content (AvgIpc) is 3.48. The Kier molecular flexibility index (Phi) is 7.46. The number of hydrogen-bond donors (Lipinski definition) is 1. The van der Waals surface area contributed by atoms with Crippen molar-refractivity contribution in [3.8, 4) is 0 Å². The Morgan fingerprint density at radius 2 is 1.94 bits per heavy atom. The number of aliphatic imine (C=N–C) groups is 1. The molecule has 8 heteroatoms. The third-order valence-corrected chi connectivity index (χ3v) is 7.42. The Balaban J connectivity index is 1.80. The van der Waals surface area contributed by atoms with E-state index >= 15 is 0 Å². The van der Waals surface area contributed by atoms with Crippen LogP contribution in [0, 0.1) is 5.82 Å². The van der Waals surface area contributed by atoms with Gasteiger partial charge in [-0.2, -0.15) is 0 Å². The van der Waals surface area contributed by atoms with Crippen LogP contribution in [0.1, 0.15) is 47.5 Å². The highest BCUT2D eigenvalue weighted by Gasteiger charge is 2.38. The largest absolute Gasteiger partial charge is 0.365 e. The maximum absolute atomic E-state index is 14.7. The predicted molar refractivity (Wildman–Crippen MR) is 134 cm³/mol. The van der Waals surface area contributed by atoms with Crippen molar-refractivity contribution < 1.29 is 13.4 Å². The molecule has 2 unspecified atom stereocenters. The number of amides is 1. The number of rotatable bonds is 7. The van der Waals surface area contributed by atoms with Gasteiger partial charge in [-0.3, -0.25) is 9.00 Å². The van der Waals surface area contributed by atoms with Crippen LogP contribution < -0.4 is 10.2 Å². The fourth-order valence-corrected chi connectivity index (χ4v) is 4.79. The molecule has 1 aromatic carbocycles. The van der Waals surface area contributed by atoms with Crippen LogP contribution in [-0.4, -0.2) is 59.2 Å². The summed E-state index contributed by atoms with van der Waals surface area (Å²) in [5, 5.41) is 3.44. The Labute approximate surface area is 199 Å². The molecule has 1 amide bonds. The van der Waals surface area contributed by atoms with Gasteiger partial charge < -0.3 is 15.1 Å². The molecule has 0 bridgehead atoms. The first kappa shape index (κ1) is 25.1. The molecular weight excluding hydrogens is 439 g/mol. The number of benzene rings is 1. The van der Waals surface area contributed by atoms with Gasteiger partial charge >= 0.3 is 0 Å². The summed E-state index contributed by atoms with van der Waals surface area (Å²) in [6.45, 7) is 15.1. The lowest BCUT2D eigenvalue weighted by molar-refractivity contribution is -0.129. The van der Waals surface area contributed by atoms with Crippen molar-refractivity contribution in [1.82, 2.24) is 10.2 Å². The van der Waals surface area contributed by atoms with Crippen LogP contribution in [0.2, 0.25) is 0 Å². The number of anilines is 1. The highest BCUT2D eigenvalue weighted by Crippen LogP contribution is 2.36. The SMILES string of the molecule is C=N/C(NC1(C)CC1)=C(\C)C(C(=O)N1CCN(c2ccc(S(C)=O)cc2F)CC1C)=C(C)C. The standard InChI is InChI=1S/C25H35FN4O2S/c1-16(2)22(18(4)23(27-6)28-25(5)10-11-25)24(31)30-13-12-29(15-17(30)3)21-9-8-19(33(7)32)14-20(21)26/h8-9,14,17,28H,6,10-13,15H2,1-5,7H3/b23-18-. The van der Waals surface area contributed by atoms with Gasteiger partial charge in [0, 0.05) is 64.3 Å². The summed E-state index contributed by atoms with van der Waals surface area (Å²) in [5.74, 6) is 0.224.